The van der Waals surface area contributed by atoms with Crippen molar-refractivity contribution in [2.75, 3.05) is 0 Å². The maximum Gasteiger partial charge on any atom is 0.0999 e. The van der Waals surface area contributed by atoms with Gasteiger partial charge in [0.1, 0.15) is 0 Å². The van der Waals surface area contributed by atoms with Crippen molar-refractivity contribution in [3.63, 3.8) is 0 Å². The third kappa shape index (κ3) is 1.95. The van der Waals surface area contributed by atoms with Gasteiger partial charge in [0.15, 0.2) is 0 Å². The Kier molecular flexibility index (Phi) is 3.05. The molecule has 3 nitrogen and oxygen atoms in total. The van der Waals surface area contributed by atoms with Crippen LogP contribution in [-0.2, 0) is 6.54 Å². The summed E-state index contributed by atoms with van der Waals surface area (Å²) < 4.78 is 1.82. The Morgan fingerprint density at radius 3 is 3.17 bits per heavy atom. The second-order valence-electron chi connectivity index (χ2n) is 2.72. The summed E-state index contributed by atoms with van der Waals surface area (Å²) in [5.74, 6) is 0. The van der Waals surface area contributed by atoms with Gasteiger partial charge in [0.05, 0.1) is 12.3 Å². The number of hydrogen-bond donors (Lipinski definition) is 1. The molecule has 0 amide bonds. The molecule has 66 valence electrons. The van der Waals surface area contributed by atoms with Gasteiger partial charge in [0.25, 0.3) is 0 Å². The summed E-state index contributed by atoms with van der Waals surface area (Å²) in [6, 6.07) is 0. The van der Waals surface area contributed by atoms with Gasteiger partial charge in [-0.05, 0) is 6.42 Å². The summed E-state index contributed by atoms with van der Waals surface area (Å²) in [4.78, 5) is 0. The monoisotopic (exact) mass is 166 g/mol. The van der Waals surface area contributed by atoms with Gasteiger partial charge in [-0.15, -0.1) is 6.58 Å². The number of aryl methyl sites for hydroxylation is 1. The third-order valence-electron chi connectivity index (χ3n) is 1.67. The molecular weight excluding hydrogens is 152 g/mol. The summed E-state index contributed by atoms with van der Waals surface area (Å²) in [5, 5.41) is 13.4. The zero-order valence-electron chi connectivity index (χ0n) is 7.27. The molecule has 1 aromatic heterocycles. The van der Waals surface area contributed by atoms with Gasteiger partial charge < -0.3 is 5.11 Å². The Morgan fingerprint density at radius 2 is 2.58 bits per heavy atom. The molecular formula is C9H14N2O. The Bertz CT molecular complexity index is 255. The van der Waals surface area contributed by atoms with Crippen molar-refractivity contribution in [3.05, 3.63) is 30.6 Å². The van der Waals surface area contributed by atoms with Crippen LogP contribution < -0.4 is 0 Å². The van der Waals surface area contributed by atoms with E-state index >= 15 is 0 Å². The van der Waals surface area contributed by atoms with Gasteiger partial charge >= 0.3 is 0 Å². The highest BCUT2D eigenvalue weighted by atomic mass is 16.3. The molecule has 3 heteroatoms. The van der Waals surface area contributed by atoms with Crippen molar-refractivity contribution in [1.29, 1.82) is 0 Å². The summed E-state index contributed by atoms with van der Waals surface area (Å²) >= 11 is 0. The van der Waals surface area contributed by atoms with Gasteiger partial charge in [0, 0.05) is 18.3 Å². The van der Waals surface area contributed by atoms with Crippen LogP contribution in [0.25, 0.3) is 0 Å². The highest BCUT2D eigenvalue weighted by Gasteiger charge is 2.04. The molecule has 0 aliphatic heterocycles. The third-order valence-corrected chi connectivity index (χ3v) is 1.67. The van der Waals surface area contributed by atoms with Crippen molar-refractivity contribution in [2.24, 2.45) is 0 Å². The van der Waals surface area contributed by atoms with Gasteiger partial charge in [-0.2, -0.15) is 5.10 Å². The number of rotatable bonds is 4. The number of hydrogen-bond acceptors (Lipinski definition) is 2. The molecule has 0 aromatic carbocycles. The molecule has 1 heterocycles. The molecule has 1 atom stereocenters. The zero-order chi connectivity index (χ0) is 8.97. The maximum absolute atomic E-state index is 9.34. The first-order valence-electron chi connectivity index (χ1n) is 4.11. The van der Waals surface area contributed by atoms with E-state index in [1.54, 1.807) is 6.20 Å². The molecule has 0 radical (unpaired) electrons. The van der Waals surface area contributed by atoms with Crippen LogP contribution in [0.4, 0.5) is 0 Å². The van der Waals surface area contributed by atoms with Crippen LogP contribution in [0.3, 0.4) is 0 Å². The van der Waals surface area contributed by atoms with Crippen LogP contribution in [0.1, 0.15) is 25.0 Å². The molecule has 0 aliphatic carbocycles. The number of aliphatic hydroxyl groups excluding tert-OH is 1. The number of aliphatic hydroxyl groups is 1. The average Bonchev–Trinajstić information content (AvgIpc) is 2.52. The normalized spacial score (nSPS) is 12.8. The van der Waals surface area contributed by atoms with Gasteiger partial charge in [-0.3, -0.25) is 4.68 Å². The molecule has 0 saturated carbocycles. The Balaban J connectivity index is 2.69. The molecule has 0 aliphatic rings. The van der Waals surface area contributed by atoms with Crippen LogP contribution in [0.15, 0.2) is 25.0 Å². The SMILES string of the molecule is C=CC(O)c1cnn(CCC)c1. The van der Waals surface area contributed by atoms with E-state index in [0.29, 0.717) is 0 Å². The fraction of sp³-hybridized carbons (Fsp3) is 0.444. The largest absolute Gasteiger partial charge is 0.384 e. The predicted molar refractivity (Wildman–Crippen MR) is 47.7 cm³/mol. The summed E-state index contributed by atoms with van der Waals surface area (Å²) in [5.41, 5.74) is 0.804. The number of aromatic nitrogens is 2. The molecule has 1 rings (SSSR count). The van der Waals surface area contributed by atoms with Gasteiger partial charge in [-0.25, -0.2) is 0 Å². The topological polar surface area (TPSA) is 38.1 Å². The van der Waals surface area contributed by atoms with Crippen molar-refractivity contribution in [1.82, 2.24) is 9.78 Å². The lowest BCUT2D eigenvalue weighted by atomic mass is 10.2. The van der Waals surface area contributed by atoms with E-state index in [1.165, 1.54) is 6.08 Å². The van der Waals surface area contributed by atoms with E-state index < -0.39 is 6.10 Å². The first-order valence-corrected chi connectivity index (χ1v) is 4.11. The maximum atomic E-state index is 9.34. The molecule has 1 aromatic rings. The van der Waals surface area contributed by atoms with E-state index in [-0.39, 0.29) is 0 Å². The lowest BCUT2D eigenvalue weighted by Gasteiger charge is -1.99. The minimum Gasteiger partial charge on any atom is -0.384 e. The molecule has 0 spiro atoms. The zero-order valence-corrected chi connectivity index (χ0v) is 7.27. The summed E-state index contributed by atoms with van der Waals surface area (Å²) in [6.07, 6.45) is 5.46. The van der Waals surface area contributed by atoms with Crippen LogP contribution in [0, 0.1) is 0 Å². The first-order chi connectivity index (χ1) is 5.77. The molecule has 12 heavy (non-hydrogen) atoms. The fourth-order valence-corrected chi connectivity index (χ4v) is 1.02. The van der Waals surface area contributed by atoms with Crippen LogP contribution >= 0.6 is 0 Å². The van der Waals surface area contributed by atoms with E-state index in [1.807, 2.05) is 10.9 Å². The van der Waals surface area contributed by atoms with Crippen LogP contribution in [0.5, 0.6) is 0 Å². The highest BCUT2D eigenvalue weighted by Crippen LogP contribution is 2.11. The first kappa shape index (κ1) is 9.00. The Labute approximate surface area is 72.3 Å². The van der Waals surface area contributed by atoms with Crippen molar-refractivity contribution in [3.8, 4) is 0 Å². The predicted octanol–water partition coefficient (Wildman–Crippen LogP) is 1.51. The standard InChI is InChI=1S/C9H14N2O/c1-3-5-11-7-8(6-10-11)9(12)4-2/h4,6-7,9,12H,2-3,5H2,1H3. The van der Waals surface area contributed by atoms with Gasteiger partial charge in [-0.1, -0.05) is 13.0 Å². The van der Waals surface area contributed by atoms with E-state index in [0.717, 1.165) is 18.5 Å². The molecule has 0 saturated heterocycles. The molecule has 1 N–H and O–H groups in total. The van der Waals surface area contributed by atoms with Crippen LogP contribution in [-0.4, -0.2) is 14.9 Å². The van der Waals surface area contributed by atoms with Gasteiger partial charge in [0.2, 0.25) is 0 Å². The van der Waals surface area contributed by atoms with E-state index in [2.05, 4.69) is 18.6 Å². The van der Waals surface area contributed by atoms with E-state index in [4.69, 9.17) is 0 Å². The second kappa shape index (κ2) is 4.07. The fourth-order valence-electron chi connectivity index (χ4n) is 1.02. The van der Waals surface area contributed by atoms with E-state index in [9.17, 15) is 5.11 Å². The lowest BCUT2D eigenvalue weighted by molar-refractivity contribution is 0.229. The quantitative estimate of drug-likeness (QED) is 0.688. The smallest absolute Gasteiger partial charge is 0.0999 e. The van der Waals surface area contributed by atoms with Crippen LogP contribution in [0.2, 0.25) is 0 Å². The minimum atomic E-state index is -0.587. The van der Waals surface area contributed by atoms with Crippen molar-refractivity contribution < 1.29 is 5.11 Å². The van der Waals surface area contributed by atoms with Crippen molar-refractivity contribution in [2.45, 2.75) is 26.0 Å². The number of nitrogens with zero attached hydrogens (tertiary/aromatic N) is 2. The van der Waals surface area contributed by atoms with Crippen molar-refractivity contribution >= 4 is 0 Å². The molecule has 0 fully saturated rings. The average molecular weight is 166 g/mol. The molecule has 1 unspecified atom stereocenters. The Morgan fingerprint density at radius 1 is 1.83 bits per heavy atom. The lowest BCUT2D eigenvalue weighted by Crippen LogP contribution is -1.96. The Hall–Kier alpha value is -1.09. The summed E-state index contributed by atoms with van der Waals surface area (Å²) in [7, 11) is 0. The second-order valence-corrected chi connectivity index (χ2v) is 2.72. The minimum absolute atomic E-state index is 0.587. The molecule has 0 bridgehead atoms. The summed E-state index contributed by atoms with van der Waals surface area (Å²) in [6.45, 7) is 6.49. The highest BCUT2D eigenvalue weighted by molar-refractivity contribution is 5.12.